The van der Waals surface area contributed by atoms with Gasteiger partial charge in [-0.3, -0.25) is 9.59 Å². The highest BCUT2D eigenvalue weighted by molar-refractivity contribution is 6.31. The predicted octanol–water partition coefficient (Wildman–Crippen LogP) is 3.69. The average Bonchev–Trinajstić information content (AvgIpc) is 3.30. The predicted molar refractivity (Wildman–Crippen MR) is 117 cm³/mol. The third-order valence-electron chi connectivity index (χ3n) is 4.84. The number of hydrogen-bond acceptors (Lipinski definition) is 7. The van der Waals surface area contributed by atoms with Crippen molar-refractivity contribution in [3.05, 3.63) is 81.4 Å². The summed E-state index contributed by atoms with van der Waals surface area (Å²) < 4.78 is 20.8. The molecule has 0 aliphatic carbocycles. The Morgan fingerprint density at radius 2 is 2.03 bits per heavy atom. The van der Waals surface area contributed by atoms with E-state index in [4.69, 9.17) is 21.8 Å². The van der Waals surface area contributed by atoms with Crippen LogP contribution in [-0.4, -0.2) is 25.3 Å². The number of pyridine rings is 1. The Labute approximate surface area is 186 Å². The molecule has 3 heterocycles. The second-order valence-electron chi connectivity index (χ2n) is 6.98. The molecule has 0 unspecified atom stereocenters. The number of ketones is 1. The molecule has 0 aliphatic heterocycles. The first kappa shape index (κ1) is 21.4. The summed E-state index contributed by atoms with van der Waals surface area (Å²) in [6, 6.07) is 7.26. The van der Waals surface area contributed by atoms with E-state index in [1.165, 1.54) is 35.2 Å². The van der Waals surface area contributed by atoms with Gasteiger partial charge in [0.15, 0.2) is 17.3 Å². The second-order valence-corrected chi connectivity index (χ2v) is 7.39. The smallest absolute Gasteiger partial charge is 0.250 e. The number of nitrogen functional groups attached to an aromatic ring is 1. The van der Waals surface area contributed by atoms with Crippen LogP contribution in [0.25, 0.3) is 22.8 Å². The Hall–Kier alpha value is -3.85. The van der Waals surface area contributed by atoms with Gasteiger partial charge in [-0.1, -0.05) is 17.7 Å². The van der Waals surface area contributed by atoms with E-state index in [0.717, 1.165) is 0 Å². The highest BCUT2D eigenvalue weighted by Crippen LogP contribution is 2.30. The molecule has 32 heavy (non-hydrogen) atoms. The molecule has 0 aliphatic rings. The molecule has 162 valence electrons. The van der Waals surface area contributed by atoms with Crippen molar-refractivity contribution >= 4 is 23.2 Å². The van der Waals surface area contributed by atoms with Crippen molar-refractivity contribution < 1.29 is 13.6 Å². The number of rotatable bonds is 6. The Bertz CT molecular complexity index is 1350. The van der Waals surface area contributed by atoms with Gasteiger partial charge in [0.1, 0.15) is 23.5 Å². The summed E-state index contributed by atoms with van der Waals surface area (Å²) in [5.41, 5.74) is 6.99. The van der Waals surface area contributed by atoms with Crippen molar-refractivity contribution in [2.24, 2.45) is 7.05 Å². The molecule has 2 N–H and O–H groups in total. The van der Waals surface area contributed by atoms with Crippen LogP contribution in [0.3, 0.4) is 0 Å². The van der Waals surface area contributed by atoms with Crippen LogP contribution in [0.5, 0.6) is 0 Å². The fourth-order valence-corrected chi connectivity index (χ4v) is 3.46. The van der Waals surface area contributed by atoms with Gasteiger partial charge in [-0.05, 0) is 24.6 Å². The number of hydrogen-bond donors (Lipinski definition) is 1. The molecule has 0 fully saturated rings. The molecule has 0 amide bonds. The molecule has 0 saturated carbocycles. The van der Waals surface area contributed by atoms with Crippen LogP contribution in [0.4, 0.5) is 10.2 Å². The van der Waals surface area contributed by atoms with Gasteiger partial charge >= 0.3 is 0 Å². The molecule has 0 spiro atoms. The van der Waals surface area contributed by atoms with Crippen molar-refractivity contribution in [1.29, 1.82) is 0 Å². The standard InChI is InChI=1S/C22H17ClFN5O3/c1-29-11-12(5-8-17(29)31)18-20(22-26-9-10-32-22)28-21(25)19(27-18)16(30)7-6-13-14(23)3-2-4-15(13)24/h2-5,8-11H,6-7H2,1H3,(H2,25,28). The monoisotopic (exact) mass is 453 g/mol. The molecule has 0 bridgehead atoms. The summed E-state index contributed by atoms with van der Waals surface area (Å²) in [6.07, 6.45) is 4.36. The number of carbonyl (C=O) groups excluding carboxylic acids is 1. The van der Waals surface area contributed by atoms with Gasteiger partial charge in [-0.15, -0.1) is 0 Å². The lowest BCUT2D eigenvalue weighted by Crippen LogP contribution is -2.15. The van der Waals surface area contributed by atoms with E-state index in [0.29, 0.717) is 5.56 Å². The number of aryl methyl sites for hydroxylation is 1. The number of Topliss-reactive ketones (excluding diaryl/α,β-unsaturated/α-hetero) is 1. The Morgan fingerprint density at radius 1 is 1.22 bits per heavy atom. The minimum Gasteiger partial charge on any atom is -0.443 e. The first-order valence-electron chi connectivity index (χ1n) is 9.55. The normalized spacial score (nSPS) is 11.0. The van der Waals surface area contributed by atoms with Gasteiger partial charge in [0.05, 0.1) is 6.20 Å². The molecule has 0 atom stereocenters. The molecule has 0 radical (unpaired) electrons. The summed E-state index contributed by atoms with van der Waals surface area (Å²) in [4.78, 5) is 37.6. The fraction of sp³-hybridized carbons (Fsp3) is 0.136. The molecule has 4 rings (SSSR count). The SMILES string of the molecule is Cn1cc(-c2nc(C(=O)CCc3c(F)cccc3Cl)c(N)nc2-c2ncco2)ccc1=O. The molecule has 8 nitrogen and oxygen atoms in total. The van der Waals surface area contributed by atoms with E-state index in [2.05, 4.69) is 15.0 Å². The number of oxazole rings is 1. The summed E-state index contributed by atoms with van der Waals surface area (Å²) in [7, 11) is 1.59. The summed E-state index contributed by atoms with van der Waals surface area (Å²) in [6.45, 7) is 0. The topological polar surface area (TPSA) is 117 Å². The lowest BCUT2D eigenvalue weighted by molar-refractivity contribution is 0.0978. The molecular formula is C22H17ClFN5O3. The van der Waals surface area contributed by atoms with Crippen molar-refractivity contribution in [2.75, 3.05) is 5.73 Å². The summed E-state index contributed by atoms with van der Waals surface area (Å²) >= 11 is 6.05. The zero-order valence-corrected chi connectivity index (χ0v) is 17.6. The van der Waals surface area contributed by atoms with Crippen molar-refractivity contribution in [1.82, 2.24) is 19.5 Å². The van der Waals surface area contributed by atoms with Gasteiger partial charge in [-0.25, -0.2) is 19.3 Å². The van der Waals surface area contributed by atoms with E-state index in [1.54, 1.807) is 25.4 Å². The first-order chi connectivity index (χ1) is 15.3. The van der Waals surface area contributed by atoms with Crippen molar-refractivity contribution in [3.63, 3.8) is 0 Å². The van der Waals surface area contributed by atoms with Gasteiger partial charge < -0.3 is 14.7 Å². The Balaban J connectivity index is 1.75. The summed E-state index contributed by atoms with van der Waals surface area (Å²) in [5, 5.41) is 0.238. The molecular weight excluding hydrogens is 437 g/mol. The molecule has 10 heteroatoms. The van der Waals surface area contributed by atoms with Crippen LogP contribution in [0.1, 0.15) is 22.5 Å². The van der Waals surface area contributed by atoms with Crippen LogP contribution >= 0.6 is 11.6 Å². The van der Waals surface area contributed by atoms with Crippen molar-refractivity contribution in [2.45, 2.75) is 12.8 Å². The maximum atomic E-state index is 14.1. The van der Waals surface area contributed by atoms with Crippen LogP contribution in [0.15, 0.2) is 58.2 Å². The molecule has 3 aromatic heterocycles. The molecule has 0 saturated heterocycles. The maximum Gasteiger partial charge on any atom is 0.250 e. The number of nitrogens with two attached hydrogens (primary N) is 1. The number of anilines is 1. The van der Waals surface area contributed by atoms with Crippen LogP contribution in [-0.2, 0) is 13.5 Å². The van der Waals surface area contributed by atoms with E-state index >= 15 is 0 Å². The zero-order chi connectivity index (χ0) is 22.8. The van der Waals surface area contributed by atoms with E-state index in [9.17, 15) is 14.0 Å². The number of nitrogens with zero attached hydrogens (tertiary/aromatic N) is 4. The van der Waals surface area contributed by atoms with Crippen LogP contribution < -0.4 is 11.3 Å². The van der Waals surface area contributed by atoms with Crippen LogP contribution in [0.2, 0.25) is 5.02 Å². The minimum atomic E-state index is -0.491. The van der Waals surface area contributed by atoms with Crippen molar-refractivity contribution in [3.8, 4) is 22.8 Å². The van der Waals surface area contributed by atoms with Gasteiger partial charge in [0.2, 0.25) is 11.4 Å². The zero-order valence-electron chi connectivity index (χ0n) is 16.9. The highest BCUT2D eigenvalue weighted by atomic mass is 35.5. The lowest BCUT2D eigenvalue weighted by Gasteiger charge is -2.11. The second kappa shape index (κ2) is 8.72. The summed E-state index contributed by atoms with van der Waals surface area (Å²) in [5.74, 6) is -0.879. The number of carbonyl (C=O) groups is 1. The molecule has 4 aromatic rings. The minimum absolute atomic E-state index is 0.0716. The van der Waals surface area contributed by atoms with Gasteiger partial charge in [0, 0.05) is 41.9 Å². The van der Waals surface area contributed by atoms with E-state index in [-0.39, 0.29) is 57.8 Å². The van der Waals surface area contributed by atoms with E-state index < -0.39 is 11.6 Å². The highest BCUT2D eigenvalue weighted by Gasteiger charge is 2.22. The fourth-order valence-electron chi connectivity index (χ4n) is 3.21. The Kier molecular flexibility index (Phi) is 5.83. The Morgan fingerprint density at radius 3 is 2.72 bits per heavy atom. The maximum absolute atomic E-state index is 14.1. The van der Waals surface area contributed by atoms with Crippen LogP contribution in [0, 0.1) is 5.82 Å². The number of halogens is 2. The number of aromatic nitrogens is 4. The molecule has 1 aromatic carbocycles. The third-order valence-corrected chi connectivity index (χ3v) is 5.20. The third kappa shape index (κ3) is 4.15. The number of benzene rings is 1. The van der Waals surface area contributed by atoms with Gasteiger partial charge in [-0.2, -0.15) is 0 Å². The van der Waals surface area contributed by atoms with E-state index in [1.807, 2.05) is 0 Å². The first-order valence-corrected chi connectivity index (χ1v) is 9.93. The quantitative estimate of drug-likeness (QED) is 0.442. The lowest BCUT2D eigenvalue weighted by atomic mass is 10.0. The largest absolute Gasteiger partial charge is 0.443 e. The average molecular weight is 454 g/mol. The van der Waals surface area contributed by atoms with Gasteiger partial charge in [0.25, 0.3) is 0 Å².